The Morgan fingerprint density at radius 1 is 1.48 bits per heavy atom. The standard InChI is InChI=1S/C16H19N5O2/c17-8-13-4-2-6-21(13)16(23)14-7-12(10-19-14)20-15(22)11-3-1-5-18-9-11/h1,3,5,9,12-14,19H,2,4,6-7,10H2,(H,20,22)/t12-,13-,14-/m0/s1. The quantitative estimate of drug-likeness (QED) is 0.822. The molecule has 2 aliphatic heterocycles. The number of nitrogens with zero attached hydrogens (tertiary/aromatic N) is 3. The summed E-state index contributed by atoms with van der Waals surface area (Å²) in [6, 6.07) is 4.86. The van der Waals surface area contributed by atoms with Gasteiger partial charge in [-0.25, -0.2) is 0 Å². The average molecular weight is 313 g/mol. The maximum absolute atomic E-state index is 12.5. The number of carbonyl (C=O) groups is 2. The van der Waals surface area contributed by atoms with Crippen LogP contribution in [0.3, 0.4) is 0 Å². The zero-order valence-electron chi connectivity index (χ0n) is 12.7. The normalized spacial score (nSPS) is 26.7. The number of nitriles is 1. The van der Waals surface area contributed by atoms with Gasteiger partial charge >= 0.3 is 0 Å². The first-order chi connectivity index (χ1) is 11.2. The van der Waals surface area contributed by atoms with Crippen LogP contribution < -0.4 is 10.6 Å². The van der Waals surface area contributed by atoms with Gasteiger partial charge in [-0.2, -0.15) is 5.26 Å². The lowest BCUT2D eigenvalue weighted by Gasteiger charge is -2.23. The molecule has 3 rings (SSSR count). The second-order valence-corrected chi connectivity index (χ2v) is 5.93. The molecule has 2 fully saturated rings. The van der Waals surface area contributed by atoms with Gasteiger partial charge in [0.25, 0.3) is 5.91 Å². The van der Waals surface area contributed by atoms with Gasteiger partial charge in [0, 0.05) is 31.5 Å². The van der Waals surface area contributed by atoms with Gasteiger partial charge < -0.3 is 15.5 Å². The van der Waals surface area contributed by atoms with Crippen LogP contribution in [0.15, 0.2) is 24.5 Å². The van der Waals surface area contributed by atoms with Crippen LogP contribution in [0, 0.1) is 11.3 Å². The predicted octanol–water partition coefficient (Wildman–Crippen LogP) is 0.0565. The lowest BCUT2D eigenvalue weighted by atomic mass is 10.1. The molecule has 120 valence electrons. The van der Waals surface area contributed by atoms with E-state index in [9.17, 15) is 9.59 Å². The molecule has 2 amide bonds. The van der Waals surface area contributed by atoms with E-state index in [1.807, 2.05) is 0 Å². The average Bonchev–Trinajstić information content (AvgIpc) is 3.24. The number of carbonyl (C=O) groups excluding carboxylic acids is 2. The lowest BCUT2D eigenvalue weighted by Crippen LogP contribution is -2.45. The van der Waals surface area contributed by atoms with E-state index in [2.05, 4.69) is 21.7 Å². The van der Waals surface area contributed by atoms with E-state index in [-0.39, 0.29) is 29.9 Å². The molecule has 0 aliphatic carbocycles. The molecular weight excluding hydrogens is 294 g/mol. The molecular formula is C16H19N5O2. The zero-order valence-corrected chi connectivity index (χ0v) is 12.7. The maximum atomic E-state index is 12.5. The highest BCUT2D eigenvalue weighted by Gasteiger charge is 2.37. The van der Waals surface area contributed by atoms with Crippen molar-refractivity contribution in [3.8, 4) is 6.07 Å². The van der Waals surface area contributed by atoms with Crippen molar-refractivity contribution in [2.45, 2.75) is 37.4 Å². The molecule has 0 spiro atoms. The van der Waals surface area contributed by atoms with E-state index < -0.39 is 0 Å². The summed E-state index contributed by atoms with van der Waals surface area (Å²) < 4.78 is 0. The van der Waals surface area contributed by atoms with Crippen molar-refractivity contribution in [3.05, 3.63) is 30.1 Å². The van der Waals surface area contributed by atoms with E-state index in [0.29, 0.717) is 25.1 Å². The Labute approximate surface area is 134 Å². The Morgan fingerprint density at radius 3 is 3.09 bits per heavy atom. The smallest absolute Gasteiger partial charge is 0.253 e. The molecule has 3 heterocycles. The topological polar surface area (TPSA) is 98.1 Å². The van der Waals surface area contributed by atoms with Crippen LogP contribution in [0.5, 0.6) is 0 Å². The molecule has 0 radical (unpaired) electrons. The van der Waals surface area contributed by atoms with Crippen molar-refractivity contribution >= 4 is 11.8 Å². The van der Waals surface area contributed by atoms with Gasteiger partial charge in [-0.3, -0.25) is 14.6 Å². The molecule has 7 nitrogen and oxygen atoms in total. The van der Waals surface area contributed by atoms with Gasteiger partial charge in [0.2, 0.25) is 5.91 Å². The van der Waals surface area contributed by atoms with Gasteiger partial charge in [-0.05, 0) is 31.4 Å². The zero-order chi connectivity index (χ0) is 16.2. The molecule has 2 aliphatic rings. The van der Waals surface area contributed by atoms with Crippen molar-refractivity contribution in [3.63, 3.8) is 0 Å². The SMILES string of the molecule is N#C[C@@H]1CCCN1C(=O)[C@@H]1C[C@H](NC(=O)c2cccnc2)CN1. The van der Waals surface area contributed by atoms with Crippen molar-refractivity contribution in [2.75, 3.05) is 13.1 Å². The molecule has 23 heavy (non-hydrogen) atoms. The van der Waals surface area contributed by atoms with Crippen molar-refractivity contribution in [1.29, 1.82) is 5.26 Å². The Kier molecular flexibility index (Phi) is 4.53. The predicted molar refractivity (Wildman–Crippen MR) is 82.2 cm³/mol. The molecule has 7 heteroatoms. The second-order valence-electron chi connectivity index (χ2n) is 5.93. The van der Waals surface area contributed by atoms with Crippen molar-refractivity contribution in [1.82, 2.24) is 20.5 Å². The summed E-state index contributed by atoms with van der Waals surface area (Å²) in [7, 11) is 0. The summed E-state index contributed by atoms with van der Waals surface area (Å²) in [6.45, 7) is 1.19. The number of likely N-dealkylation sites (tertiary alicyclic amines) is 1. The number of aromatic nitrogens is 1. The first-order valence-electron chi connectivity index (χ1n) is 7.83. The minimum Gasteiger partial charge on any atom is -0.348 e. The molecule has 0 saturated carbocycles. The number of pyridine rings is 1. The lowest BCUT2D eigenvalue weighted by molar-refractivity contribution is -0.133. The summed E-state index contributed by atoms with van der Waals surface area (Å²) in [5.74, 6) is -0.221. The minimum atomic E-state index is -0.330. The van der Waals surface area contributed by atoms with Crippen LogP contribution in [0.2, 0.25) is 0 Å². The molecule has 1 aromatic heterocycles. The Morgan fingerprint density at radius 2 is 2.35 bits per heavy atom. The minimum absolute atomic E-state index is 0.0350. The van der Waals surface area contributed by atoms with Crippen LogP contribution in [-0.2, 0) is 4.79 Å². The summed E-state index contributed by atoms with van der Waals surface area (Å²) in [5.41, 5.74) is 0.506. The highest BCUT2D eigenvalue weighted by molar-refractivity contribution is 5.94. The van der Waals surface area contributed by atoms with Gasteiger partial charge in [0.1, 0.15) is 6.04 Å². The van der Waals surface area contributed by atoms with Crippen LogP contribution in [0.4, 0.5) is 0 Å². The van der Waals surface area contributed by atoms with E-state index in [0.717, 1.165) is 12.8 Å². The largest absolute Gasteiger partial charge is 0.348 e. The summed E-state index contributed by atoms with van der Waals surface area (Å²) in [4.78, 5) is 30.2. The molecule has 1 aromatic rings. The molecule has 2 saturated heterocycles. The molecule has 0 unspecified atom stereocenters. The van der Waals surface area contributed by atoms with Crippen LogP contribution in [0.25, 0.3) is 0 Å². The van der Waals surface area contributed by atoms with Gasteiger partial charge in [-0.15, -0.1) is 0 Å². The third-order valence-electron chi connectivity index (χ3n) is 4.37. The van der Waals surface area contributed by atoms with Gasteiger partial charge in [0.15, 0.2) is 0 Å². The highest BCUT2D eigenvalue weighted by Crippen LogP contribution is 2.20. The first kappa shape index (κ1) is 15.4. The van der Waals surface area contributed by atoms with E-state index >= 15 is 0 Å². The van der Waals surface area contributed by atoms with Gasteiger partial charge in [0.05, 0.1) is 17.7 Å². The van der Waals surface area contributed by atoms with E-state index in [1.54, 1.807) is 23.2 Å². The fraction of sp³-hybridized carbons (Fsp3) is 0.500. The molecule has 0 aromatic carbocycles. The van der Waals surface area contributed by atoms with Crippen LogP contribution in [-0.4, -0.2) is 52.9 Å². The number of hydrogen-bond donors (Lipinski definition) is 2. The van der Waals surface area contributed by atoms with Crippen LogP contribution in [0.1, 0.15) is 29.6 Å². The van der Waals surface area contributed by atoms with Crippen LogP contribution >= 0.6 is 0 Å². The van der Waals surface area contributed by atoms with Crippen molar-refractivity contribution < 1.29 is 9.59 Å². The second kappa shape index (κ2) is 6.75. The highest BCUT2D eigenvalue weighted by atomic mass is 16.2. The first-order valence-corrected chi connectivity index (χ1v) is 7.83. The molecule has 0 bridgehead atoms. The Balaban J connectivity index is 1.55. The fourth-order valence-electron chi connectivity index (χ4n) is 3.16. The Bertz CT molecular complexity index is 627. The maximum Gasteiger partial charge on any atom is 0.253 e. The monoisotopic (exact) mass is 313 g/mol. The molecule has 3 atom stereocenters. The fourth-order valence-corrected chi connectivity index (χ4v) is 3.16. The number of amides is 2. The number of hydrogen-bond acceptors (Lipinski definition) is 5. The number of nitrogens with one attached hydrogen (secondary N) is 2. The summed E-state index contributed by atoms with van der Waals surface area (Å²) >= 11 is 0. The third-order valence-corrected chi connectivity index (χ3v) is 4.37. The molecule has 2 N–H and O–H groups in total. The Hall–Kier alpha value is -2.46. The number of rotatable bonds is 3. The van der Waals surface area contributed by atoms with E-state index in [4.69, 9.17) is 5.26 Å². The third kappa shape index (κ3) is 3.32. The summed E-state index contributed by atoms with van der Waals surface area (Å²) in [5, 5.41) is 15.2. The summed E-state index contributed by atoms with van der Waals surface area (Å²) in [6.07, 6.45) is 5.29. The van der Waals surface area contributed by atoms with E-state index in [1.165, 1.54) is 6.20 Å². The van der Waals surface area contributed by atoms with Crippen molar-refractivity contribution in [2.24, 2.45) is 0 Å². The van der Waals surface area contributed by atoms with Gasteiger partial charge in [-0.1, -0.05) is 0 Å².